The molecular weight excluding hydrogens is 260 g/mol. The van der Waals surface area contributed by atoms with Crippen LogP contribution in [0.3, 0.4) is 0 Å². The molecule has 1 unspecified atom stereocenters. The summed E-state index contributed by atoms with van der Waals surface area (Å²) in [5, 5.41) is 4.94. The molecule has 0 spiro atoms. The topological polar surface area (TPSA) is 126 Å². The van der Waals surface area contributed by atoms with Crippen molar-refractivity contribution >= 4 is 21.7 Å². The summed E-state index contributed by atoms with van der Waals surface area (Å²) in [6.45, 7) is 0.200. The molecule has 1 aromatic rings. The number of carbonyl (C=O) groups excluding carboxylic acids is 1. The van der Waals surface area contributed by atoms with Gasteiger partial charge in [-0.25, -0.2) is 18.5 Å². The van der Waals surface area contributed by atoms with Crippen molar-refractivity contribution in [2.75, 3.05) is 17.2 Å². The maximum absolute atomic E-state index is 11.7. The van der Waals surface area contributed by atoms with Crippen LogP contribution in [0, 0.1) is 5.92 Å². The lowest BCUT2D eigenvalue weighted by atomic mass is 10.1. The zero-order valence-corrected chi connectivity index (χ0v) is 10.2. The van der Waals surface area contributed by atoms with Crippen molar-refractivity contribution in [3.8, 4) is 0 Å². The molecule has 9 heteroatoms. The minimum absolute atomic E-state index is 0.0882. The van der Waals surface area contributed by atoms with E-state index in [1.807, 2.05) is 0 Å². The highest BCUT2D eigenvalue weighted by molar-refractivity contribution is 7.89. The van der Waals surface area contributed by atoms with Crippen LogP contribution in [0.5, 0.6) is 0 Å². The van der Waals surface area contributed by atoms with Gasteiger partial charge in [0.15, 0.2) is 0 Å². The van der Waals surface area contributed by atoms with E-state index < -0.39 is 10.0 Å². The van der Waals surface area contributed by atoms with E-state index in [2.05, 4.69) is 9.97 Å². The van der Waals surface area contributed by atoms with Crippen LogP contribution in [0.25, 0.3) is 0 Å². The molecule has 0 radical (unpaired) electrons. The first-order valence-electron chi connectivity index (χ1n) is 5.21. The Kier molecular flexibility index (Phi) is 3.18. The SMILES string of the molecule is NS(=O)(=O)CC1CC(=O)N(c2cc(=O)[nH]cn2)C1. The number of rotatable bonds is 3. The number of nitrogens with zero attached hydrogens (tertiary/aromatic N) is 2. The van der Waals surface area contributed by atoms with Crippen molar-refractivity contribution in [1.29, 1.82) is 0 Å². The molecule has 1 aromatic heterocycles. The quantitative estimate of drug-likeness (QED) is 0.686. The van der Waals surface area contributed by atoms with Crippen molar-refractivity contribution in [3.05, 3.63) is 22.7 Å². The van der Waals surface area contributed by atoms with Gasteiger partial charge in [0, 0.05) is 24.9 Å². The van der Waals surface area contributed by atoms with Crippen LogP contribution in [0.1, 0.15) is 6.42 Å². The van der Waals surface area contributed by atoms with Crippen molar-refractivity contribution in [2.45, 2.75) is 6.42 Å². The highest BCUT2D eigenvalue weighted by atomic mass is 32.2. The van der Waals surface area contributed by atoms with E-state index in [0.717, 1.165) is 0 Å². The van der Waals surface area contributed by atoms with E-state index >= 15 is 0 Å². The average molecular weight is 272 g/mol. The Balaban J connectivity index is 2.17. The molecule has 0 aliphatic carbocycles. The molecule has 3 N–H and O–H groups in total. The second kappa shape index (κ2) is 4.50. The lowest BCUT2D eigenvalue weighted by molar-refractivity contribution is -0.117. The number of hydrogen-bond acceptors (Lipinski definition) is 5. The number of nitrogens with two attached hydrogens (primary N) is 1. The van der Waals surface area contributed by atoms with Crippen LogP contribution in [-0.4, -0.2) is 36.6 Å². The zero-order chi connectivity index (χ0) is 13.3. The Morgan fingerprint density at radius 3 is 2.83 bits per heavy atom. The summed E-state index contributed by atoms with van der Waals surface area (Å²) in [4.78, 5) is 30.3. The molecule has 98 valence electrons. The molecule has 2 heterocycles. The first-order valence-corrected chi connectivity index (χ1v) is 6.92. The molecule has 2 rings (SSSR count). The fourth-order valence-electron chi connectivity index (χ4n) is 1.95. The van der Waals surface area contributed by atoms with Crippen molar-refractivity contribution in [3.63, 3.8) is 0 Å². The van der Waals surface area contributed by atoms with Crippen molar-refractivity contribution in [2.24, 2.45) is 11.1 Å². The van der Waals surface area contributed by atoms with Gasteiger partial charge in [0.25, 0.3) is 5.56 Å². The summed E-state index contributed by atoms with van der Waals surface area (Å²) in [5.41, 5.74) is -0.373. The summed E-state index contributed by atoms with van der Waals surface area (Å²) < 4.78 is 21.9. The number of H-pyrrole nitrogens is 1. The fraction of sp³-hybridized carbons (Fsp3) is 0.444. The average Bonchev–Trinajstić information content (AvgIpc) is 2.56. The molecule has 1 aliphatic rings. The van der Waals surface area contributed by atoms with E-state index in [0.29, 0.717) is 0 Å². The second-order valence-electron chi connectivity index (χ2n) is 4.17. The molecule has 1 amide bonds. The summed E-state index contributed by atoms with van der Waals surface area (Å²) in [6, 6.07) is 1.19. The third kappa shape index (κ3) is 2.93. The van der Waals surface area contributed by atoms with E-state index in [4.69, 9.17) is 5.14 Å². The number of primary sulfonamides is 1. The molecule has 0 aromatic carbocycles. The molecule has 0 saturated carbocycles. The lowest BCUT2D eigenvalue weighted by Crippen LogP contribution is -2.29. The van der Waals surface area contributed by atoms with E-state index in [1.54, 1.807) is 0 Å². The first kappa shape index (κ1) is 12.7. The number of nitrogens with one attached hydrogen (secondary N) is 1. The van der Waals surface area contributed by atoms with Gasteiger partial charge < -0.3 is 4.98 Å². The van der Waals surface area contributed by atoms with E-state index in [1.165, 1.54) is 17.3 Å². The van der Waals surface area contributed by atoms with E-state index in [9.17, 15) is 18.0 Å². The third-order valence-electron chi connectivity index (χ3n) is 2.61. The molecule has 0 bridgehead atoms. The maximum atomic E-state index is 11.7. The summed E-state index contributed by atoms with van der Waals surface area (Å²) in [5.74, 6) is -0.658. The number of carbonyl (C=O) groups is 1. The van der Waals surface area contributed by atoms with Crippen LogP contribution in [0.2, 0.25) is 0 Å². The molecule has 1 atom stereocenters. The Bertz CT molecular complexity index is 623. The Hall–Kier alpha value is -1.74. The number of aromatic nitrogens is 2. The standard InChI is InChI=1S/C9H12N4O4S/c10-18(16,17)4-6-1-9(15)13(3-6)7-2-8(14)12-5-11-7/h2,5-6H,1,3-4H2,(H2,10,16,17)(H,11,12,14). The largest absolute Gasteiger partial charge is 0.313 e. The molecule has 1 aliphatic heterocycles. The number of anilines is 1. The van der Waals surface area contributed by atoms with Crippen LogP contribution < -0.4 is 15.6 Å². The number of sulfonamides is 1. The third-order valence-corrected chi connectivity index (χ3v) is 3.55. The lowest BCUT2D eigenvalue weighted by Gasteiger charge is -2.14. The highest BCUT2D eigenvalue weighted by Gasteiger charge is 2.33. The first-order chi connectivity index (χ1) is 8.35. The van der Waals surface area contributed by atoms with Gasteiger partial charge >= 0.3 is 0 Å². The van der Waals surface area contributed by atoms with Crippen LogP contribution in [0.4, 0.5) is 5.82 Å². The Morgan fingerprint density at radius 1 is 1.50 bits per heavy atom. The Morgan fingerprint density at radius 2 is 2.22 bits per heavy atom. The summed E-state index contributed by atoms with van der Waals surface area (Å²) >= 11 is 0. The van der Waals surface area contributed by atoms with Crippen LogP contribution in [0.15, 0.2) is 17.2 Å². The smallest absolute Gasteiger partial charge is 0.252 e. The molecule has 18 heavy (non-hydrogen) atoms. The van der Waals surface area contributed by atoms with Gasteiger partial charge in [-0.2, -0.15) is 0 Å². The fourth-order valence-corrected chi connectivity index (χ4v) is 2.83. The predicted octanol–water partition coefficient (Wildman–Crippen LogP) is -1.59. The monoisotopic (exact) mass is 272 g/mol. The molecule has 1 fully saturated rings. The van der Waals surface area contributed by atoms with Gasteiger partial charge in [-0.05, 0) is 0 Å². The van der Waals surface area contributed by atoms with E-state index in [-0.39, 0.29) is 41.9 Å². The van der Waals surface area contributed by atoms with Gasteiger partial charge in [0.05, 0.1) is 12.1 Å². The maximum Gasteiger partial charge on any atom is 0.252 e. The Labute approximate surface area is 103 Å². The van der Waals surface area contributed by atoms with Gasteiger partial charge in [0.2, 0.25) is 15.9 Å². The van der Waals surface area contributed by atoms with Gasteiger partial charge in [-0.1, -0.05) is 0 Å². The summed E-state index contributed by atoms with van der Waals surface area (Å²) in [6.07, 6.45) is 1.28. The van der Waals surface area contributed by atoms with Crippen LogP contribution in [-0.2, 0) is 14.8 Å². The number of hydrogen-bond donors (Lipinski definition) is 2. The minimum Gasteiger partial charge on any atom is -0.313 e. The minimum atomic E-state index is -3.61. The normalized spacial score (nSPS) is 20.4. The molecule has 1 saturated heterocycles. The van der Waals surface area contributed by atoms with Crippen molar-refractivity contribution < 1.29 is 13.2 Å². The van der Waals surface area contributed by atoms with Gasteiger partial charge in [-0.15, -0.1) is 0 Å². The van der Waals surface area contributed by atoms with Crippen molar-refractivity contribution in [1.82, 2.24) is 9.97 Å². The summed E-state index contributed by atoms with van der Waals surface area (Å²) in [7, 11) is -3.61. The highest BCUT2D eigenvalue weighted by Crippen LogP contribution is 2.22. The molecular formula is C9H12N4O4S. The second-order valence-corrected chi connectivity index (χ2v) is 5.83. The van der Waals surface area contributed by atoms with Crippen LogP contribution >= 0.6 is 0 Å². The predicted molar refractivity (Wildman–Crippen MR) is 63.3 cm³/mol. The van der Waals surface area contributed by atoms with Gasteiger partial charge in [-0.3, -0.25) is 14.5 Å². The van der Waals surface area contributed by atoms with Gasteiger partial charge in [0.1, 0.15) is 5.82 Å². The number of aromatic amines is 1. The molecule has 8 nitrogen and oxygen atoms in total. The number of amides is 1. The zero-order valence-electron chi connectivity index (χ0n) is 9.37.